The molecule has 1 fully saturated rings. The standard InChI is InChI=1S/C9H17N3/c1-7(11)9(5-10)8-3-2-4-12-6-8/h5,8,11-12H,2-4,6,10H2,1H3/b9-5+,11-7?. The van der Waals surface area contributed by atoms with Crippen LogP contribution in [0.15, 0.2) is 11.8 Å². The zero-order chi connectivity index (χ0) is 8.97. The Balaban J connectivity index is 2.59. The largest absolute Gasteiger partial charge is 0.404 e. The molecule has 1 saturated heterocycles. The Labute approximate surface area is 73.5 Å². The van der Waals surface area contributed by atoms with Gasteiger partial charge in [-0.3, -0.25) is 0 Å². The van der Waals surface area contributed by atoms with Gasteiger partial charge < -0.3 is 16.5 Å². The van der Waals surface area contributed by atoms with Crippen molar-refractivity contribution < 1.29 is 0 Å². The summed E-state index contributed by atoms with van der Waals surface area (Å²) in [6, 6.07) is 0. The molecule has 1 rings (SSSR count). The van der Waals surface area contributed by atoms with Gasteiger partial charge in [0.1, 0.15) is 0 Å². The van der Waals surface area contributed by atoms with E-state index in [4.69, 9.17) is 11.1 Å². The van der Waals surface area contributed by atoms with Crippen molar-refractivity contribution in [2.45, 2.75) is 19.8 Å². The lowest BCUT2D eigenvalue weighted by atomic mass is 9.89. The van der Waals surface area contributed by atoms with Gasteiger partial charge in [0, 0.05) is 12.3 Å². The minimum atomic E-state index is 0.459. The second kappa shape index (κ2) is 4.26. The number of nitrogens with one attached hydrogen (secondary N) is 2. The van der Waals surface area contributed by atoms with Crippen molar-refractivity contribution in [3.05, 3.63) is 11.8 Å². The van der Waals surface area contributed by atoms with Gasteiger partial charge >= 0.3 is 0 Å². The van der Waals surface area contributed by atoms with E-state index in [1.54, 1.807) is 13.1 Å². The molecule has 0 aromatic heterocycles. The van der Waals surface area contributed by atoms with E-state index in [1.165, 1.54) is 6.42 Å². The van der Waals surface area contributed by atoms with E-state index >= 15 is 0 Å². The smallest absolute Gasteiger partial charge is 0.0332 e. The van der Waals surface area contributed by atoms with Crippen molar-refractivity contribution in [2.24, 2.45) is 11.7 Å². The van der Waals surface area contributed by atoms with Gasteiger partial charge in [0.2, 0.25) is 0 Å². The molecule has 4 N–H and O–H groups in total. The van der Waals surface area contributed by atoms with Gasteiger partial charge in [0.25, 0.3) is 0 Å². The van der Waals surface area contributed by atoms with E-state index in [0.29, 0.717) is 11.6 Å². The zero-order valence-electron chi connectivity index (χ0n) is 7.56. The number of hydrogen-bond donors (Lipinski definition) is 3. The summed E-state index contributed by atoms with van der Waals surface area (Å²) in [4.78, 5) is 0. The molecule has 12 heavy (non-hydrogen) atoms. The van der Waals surface area contributed by atoms with Crippen molar-refractivity contribution in [3.63, 3.8) is 0 Å². The molecule has 1 atom stereocenters. The van der Waals surface area contributed by atoms with Crippen LogP contribution in [0.1, 0.15) is 19.8 Å². The fraction of sp³-hybridized carbons (Fsp3) is 0.667. The van der Waals surface area contributed by atoms with Crippen LogP contribution in [0.4, 0.5) is 0 Å². The van der Waals surface area contributed by atoms with E-state index in [9.17, 15) is 0 Å². The molecule has 1 aliphatic rings. The lowest BCUT2D eigenvalue weighted by Crippen LogP contribution is -2.32. The van der Waals surface area contributed by atoms with Crippen LogP contribution in [0.3, 0.4) is 0 Å². The maximum Gasteiger partial charge on any atom is 0.0332 e. The minimum Gasteiger partial charge on any atom is -0.404 e. The quantitative estimate of drug-likeness (QED) is 0.534. The van der Waals surface area contributed by atoms with E-state index in [-0.39, 0.29) is 0 Å². The van der Waals surface area contributed by atoms with Gasteiger partial charge in [0.15, 0.2) is 0 Å². The third-order valence-electron chi connectivity index (χ3n) is 2.35. The number of hydrogen-bond acceptors (Lipinski definition) is 3. The molecule has 0 aromatic carbocycles. The summed E-state index contributed by atoms with van der Waals surface area (Å²) in [5.41, 5.74) is 7.08. The Morgan fingerprint density at radius 1 is 1.67 bits per heavy atom. The van der Waals surface area contributed by atoms with Gasteiger partial charge in [-0.2, -0.15) is 0 Å². The van der Waals surface area contributed by atoms with Crippen molar-refractivity contribution in [2.75, 3.05) is 13.1 Å². The lowest BCUT2D eigenvalue weighted by molar-refractivity contribution is 0.429. The van der Waals surface area contributed by atoms with Gasteiger partial charge in [-0.25, -0.2) is 0 Å². The highest BCUT2D eigenvalue weighted by Gasteiger charge is 2.17. The molecule has 1 heterocycles. The van der Waals surface area contributed by atoms with Crippen LogP contribution in [-0.4, -0.2) is 18.8 Å². The average Bonchev–Trinajstić information content (AvgIpc) is 2.07. The van der Waals surface area contributed by atoms with Gasteiger partial charge in [-0.15, -0.1) is 0 Å². The van der Waals surface area contributed by atoms with E-state index in [0.717, 1.165) is 25.1 Å². The fourth-order valence-corrected chi connectivity index (χ4v) is 1.68. The Kier molecular flexibility index (Phi) is 3.29. The molecule has 0 radical (unpaired) electrons. The molecular formula is C9H17N3. The predicted octanol–water partition coefficient (Wildman–Crippen LogP) is 0.868. The second-order valence-corrected chi connectivity index (χ2v) is 3.29. The highest BCUT2D eigenvalue weighted by Crippen LogP contribution is 2.19. The normalized spacial score (nSPS) is 25.4. The topological polar surface area (TPSA) is 61.9 Å². The Morgan fingerprint density at radius 3 is 2.83 bits per heavy atom. The SMILES string of the molecule is CC(=N)/C(=C\N)C1CCCNC1. The van der Waals surface area contributed by atoms with Crippen molar-refractivity contribution in [3.8, 4) is 0 Å². The Hall–Kier alpha value is -0.830. The molecule has 0 aliphatic carbocycles. The van der Waals surface area contributed by atoms with E-state index < -0.39 is 0 Å². The fourth-order valence-electron chi connectivity index (χ4n) is 1.68. The summed E-state index contributed by atoms with van der Waals surface area (Å²) in [7, 11) is 0. The minimum absolute atomic E-state index is 0.459. The third kappa shape index (κ3) is 2.08. The van der Waals surface area contributed by atoms with Crippen molar-refractivity contribution in [1.29, 1.82) is 5.41 Å². The summed E-state index contributed by atoms with van der Waals surface area (Å²) in [6.07, 6.45) is 3.93. The molecule has 68 valence electrons. The first kappa shape index (κ1) is 9.26. The van der Waals surface area contributed by atoms with E-state index in [1.807, 2.05) is 0 Å². The van der Waals surface area contributed by atoms with Crippen molar-refractivity contribution in [1.82, 2.24) is 5.32 Å². The number of piperidine rings is 1. The van der Waals surface area contributed by atoms with Gasteiger partial charge in [-0.1, -0.05) is 0 Å². The van der Waals surface area contributed by atoms with Crippen LogP contribution in [0.2, 0.25) is 0 Å². The summed E-state index contributed by atoms with van der Waals surface area (Å²) in [5, 5.41) is 10.8. The van der Waals surface area contributed by atoms with Gasteiger partial charge in [0.05, 0.1) is 0 Å². The molecule has 0 amide bonds. The highest BCUT2D eigenvalue weighted by atomic mass is 14.9. The third-order valence-corrected chi connectivity index (χ3v) is 2.35. The zero-order valence-corrected chi connectivity index (χ0v) is 7.56. The molecular weight excluding hydrogens is 150 g/mol. The average molecular weight is 167 g/mol. The monoisotopic (exact) mass is 167 g/mol. The summed E-state index contributed by atoms with van der Waals surface area (Å²) in [5.74, 6) is 0.459. The van der Waals surface area contributed by atoms with Crippen LogP contribution in [0.25, 0.3) is 0 Å². The molecule has 1 aliphatic heterocycles. The highest BCUT2D eigenvalue weighted by molar-refractivity contribution is 5.96. The maximum atomic E-state index is 7.51. The molecule has 0 bridgehead atoms. The van der Waals surface area contributed by atoms with Crippen LogP contribution < -0.4 is 11.1 Å². The van der Waals surface area contributed by atoms with Crippen LogP contribution in [0, 0.1) is 11.3 Å². The molecule has 1 unspecified atom stereocenters. The number of rotatable bonds is 2. The predicted molar refractivity (Wildman–Crippen MR) is 51.3 cm³/mol. The summed E-state index contributed by atoms with van der Waals surface area (Å²) >= 11 is 0. The second-order valence-electron chi connectivity index (χ2n) is 3.29. The van der Waals surface area contributed by atoms with Crippen LogP contribution >= 0.6 is 0 Å². The molecule has 3 nitrogen and oxygen atoms in total. The van der Waals surface area contributed by atoms with Gasteiger partial charge in [-0.05, 0) is 44.0 Å². The Morgan fingerprint density at radius 2 is 2.42 bits per heavy atom. The van der Waals surface area contributed by atoms with Crippen molar-refractivity contribution >= 4 is 5.71 Å². The lowest BCUT2D eigenvalue weighted by Gasteiger charge is -2.24. The van der Waals surface area contributed by atoms with E-state index in [2.05, 4.69) is 5.32 Å². The Bertz CT molecular complexity index is 190. The first-order valence-electron chi connectivity index (χ1n) is 4.43. The molecule has 3 heteroatoms. The summed E-state index contributed by atoms with van der Waals surface area (Å²) in [6.45, 7) is 3.87. The summed E-state index contributed by atoms with van der Waals surface area (Å²) < 4.78 is 0. The first-order chi connectivity index (χ1) is 5.75. The first-order valence-corrected chi connectivity index (χ1v) is 4.43. The molecule has 0 saturated carbocycles. The molecule has 0 spiro atoms. The number of nitrogens with two attached hydrogens (primary N) is 1. The van der Waals surface area contributed by atoms with Crippen LogP contribution in [-0.2, 0) is 0 Å². The maximum absolute atomic E-state index is 7.51. The molecule has 0 aromatic rings. The van der Waals surface area contributed by atoms with Crippen LogP contribution in [0.5, 0.6) is 0 Å².